The Morgan fingerprint density at radius 3 is 2.72 bits per heavy atom. The van der Waals surface area contributed by atoms with Gasteiger partial charge in [-0.25, -0.2) is 4.98 Å². The second-order valence-electron chi connectivity index (χ2n) is 4.29. The Balaban J connectivity index is 2.02. The number of hydrogen-bond donors (Lipinski definition) is 1. The van der Waals surface area contributed by atoms with E-state index in [1.165, 1.54) is 0 Å². The number of nitrogens with zero attached hydrogens (tertiary/aromatic N) is 1. The third-order valence-corrected chi connectivity index (χ3v) is 2.69. The summed E-state index contributed by atoms with van der Waals surface area (Å²) in [5.74, 6) is 1.22. The van der Waals surface area contributed by atoms with Crippen molar-refractivity contribution in [2.24, 2.45) is 0 Å². The number of oxazole rings is 1. The van der Waals surface area contributed by atoms with Crippen molar-refractivity contribution in [1.82, 2.24) is 10.3 Å². The number of nitrogens with one attached hydrogen (secondary N) is 1. The average molecular weight is 244 g/mol. The number of aromatic nitrogens is 1. The zero-order chi connectivity index (χ0) is 13.1. The molecule has 94 valence electrons. The van der Waals surface area contributed by atoms with Gasteiger partial charge in [-0.05, 0) is 26.0 Å². The largest absolute Gasteiger partial charge is 0.444 e. The molecule has 4 nitrogen and oxygen atoms in total. The third kappa shape index (κ3) is 2.77. The standard InChI is InChI=1S/C14H16N2O2/c1-9-5-4-6-12(7-9)14(17)15-8-13-10(2)16-11(3)18-13/h4-7H,8H2,1-3H3,(H,15,17). The van der Waals surface area contributed by atoms with Crippen molar-refractivity contribution in [3.8, 4) is 0 Å². The minimum absolute atomic E-state index is 0.104. The highest BCUT2D eigenvalue weighted by atomic mass is 16.4. The molecule has 0 unspecified atom stereocenters. The maximum atomic E-state index is 11.9. The predicted octanol–water partition coefficient (Wildman–Crippen LogP) is 2.53. The van der Waals surface area contributed by atoms with Crippen LogP contribution in [0.1, 0.15) is 33.3 Å². The molecule has 0 aliphatic heterocycles. The fourth-order valence-corrected chi connectivity index (χ4v) is 1.79. The lowest BCUT2D eigenvalue weighted by Crippen LogP contribution is -2.22. The first-order chi connectivity index (χ1) is 8.56. The Morgan fingerprint density at radius 1 is 1.33 bits per heavy atom. The summed E-state index contributed by atoms with van der Waals surface area (Å²) >= 11 is 0. The van der Waals surface area contributed by atoms with Crippen LogP contribution in [0.5, 0.6) is 0 Å². The molecule has 0 saturated heterocycles. The molecule has 18 heavy (non-hydrogen) atoms. The first-order valence-electron chi connectivity index (χ1n) is 5.84. The van der Waals surface area contributed by atoms with Crippen LogP contribution >= 0.6 is 0 Å². The summed E-state index contributed by atoms with van der Waals surface area (Å²) < 4.78 is 5.40. The highest BCUT2D eigenvalue weighted by Crippen LogP contribution is 2.09. The van der Waals surface area contributed by atoms with Gasteiger partial charge in [0, 0.05) is 12.5 Å². The fraction of sp³-hybridized carbons (Fsp3) is 0.286. The number of carbonyl (C=O) groups is 1. The van der Waals surface area contributed by atoms with E-state index in [0.717, 1.165) is 11.3 Å². The Kier molecular flexibility index (Phi) is 3.46. The SMILES string of the molecule is Cc1cccc(C(=O)NCc2oc(C)nc2C)c1. The van der Waals surface area contributed by atoms with Crippen LogP contribution in [0.2, 0.25) is 0 Å². The van der Waals surface area contributed by atoms with Crippen molar-refractivity contribution >= 4 is 5.91 Å². The topological polar surface area (TPSA) is 55.1 Å². The molecular weight excluding hydrogens is 228 g/mol. The van der Waals surface area contributed by atoms with E-state index < -0.39 is 0 Å². The van der Waals surface area contributed by atoms with Crippen molar-refractivity contribution in [2.75, 3.05) is 0 Å². The van der Waals surface area contributed by atoms with Gasteiger partial charge in [0.1, 0.15) is 5.76 Å². The molecule has 0 fully saturated rings. The second kappa shape index (κ2) is 5.04. The van der Waals surface area contributed by atoms with Crippen molar-refractivity contribution in [1.29, 1.82) is 0 Å². The zero-order valence-corrected chi connectivity index (χ0v) is 10.8. The number of amides is 1. The molecule has 0 aliphatic rings. The molecule has 1 N–H and O–H groups in total. The summed E-state index contributed by atoms with van der Waals surface area (Å²) in [6.07, 6.45) is 0. The number of rotatable bonds is 3. The summed E-state index contributed by atoms with van der Waals surface area (Å²) in [5.41, 5.74) is 2.54. The van der Waals surface area contributed by atoms with Crippen LogP contribution in [0.4, 0.5) is 0 Å². The molecule has 2 rings (SSSR count). The van der Waals surface area contributed by atoms with Crippen molar-refractivity contribution < 1.29 is 9.21 Å². The highest BCUT2D eigenvalue weighted by Gasteiger charge is 2.09. The Hall–Kier alpha value is -2.10. The van der Waals surface area contributed by atoms with E-state index >= 15 is 0 Å². The number of hydrogen-bond acceptors (Lipinski definition) is 3. The maximum absolute atomic E-state index is 11.9. The normalized spacial score (nSPS) is 10.4. The smallest absolute Gasteiger partial charge is 0.251 e. The minimum Gasteiger partial charge on any atom is -0.444 e. The van der Waals surface area contributed by atoms with Gasteiger partial charge in [-0.2, -0.15) is 0 Å². The maximum Gasteiger partial charge on any atom is 0.251 e. The molecule has 1 aromatic carbocycles. The Labute approximate surface area is 106 Å². The van der Waals surface area contributed by atoms with Crippen LogP contribution in [0, 0.1) is 20.8 Å². The van der Waals surface area contributed by atoms with E-state index in [9.17, 15) is 4.79 Å². The van der Waals surface area contributed by atoms with Crippen molar-refractivity contribution in [3.63, 3.8) is 0 Å². The molecule has 2 aromatic rings. The van der Waals surface area contributed by atoms with Gasteiger partial charge < -0.3 is 9.73 Å². The van der Waals surface area contributed by atoms with E-state index in [2.05, 4.69) is 10.3 Å². The molecule has 0 bridgehead atoms. The van der Waals surface area contributed by atoms with Crippen LogP contribution in [0.15, 0.2) is 28.7 Å². The van der Waals surface area contributed by atoms with Crippen LogP contribution in [0.25, 0.3) is 0 Å². The summed E-state index contributed by atoms with van der Waals surface area (Å²) in [6.45, 7) is 5.98. The van der Waals surface area contributed by atoms with Crippen LogP contribution < -0.4 is 5.32 Å². The van der Waals surface area contributed by atoms with Crippen LogP contribution in [-0.4, -0.2) is 10.9 Å². The van der Waals surface area contributed by atoms with Crippen molar-refractivity contribution in [2.45, 2.75) is 27.3 Å². The zero-order valence-electron chi connectivity index (χ0n) is 10.8. The molecule has 1 aromatic heterocycles. The lowest BCUT2D eigenvalue weighted by molar-refractivity contribution is 0.0947. The van der Waals surface area contributed by atoms with E-state index in [-0.39, 0.29) is 5.91 Å². The Bertz CT molecular complexity index is 573. The lowest BCUT2D eigenvalue weighted by Gasteiger charge is -2.04. The monoisotopic (exact) mass is 244 g/mol. The minimum atomic E-state index is -0.104. The fourth-order valence-electron chi connectivity index (χ4n) is 1.79. The highest BCUT2D eigenvalue weighted by molar-refractivity contribution is 5.94. The quantitative estimate of drug-likeness (QED) is 0.902. The van der Waals surface area contributed by atoms with Crippen LogP contribution in [-0.2, 0) is 6.54 Å². The van der Waals surface area contributed by atoms with Gasteiger partial charge in [0.2, 0.25) is 0 Å². The van der Waals surface area contributed by atoms with Crippen LogP contribution in [0.3, 0.4) is 0 Å². The summed E-state index contributed by atoms with van der Waals surface area (Å²) in [6, 6.07) is 7.48. The predicted molar refractivity (Wildman–Crippen MR) is 68.3 cm³/mol. The molecule has 0 saturated carbocycles. The van der Waals surface area contributed by atoms with E-state index in [4.69, 9.17) is 4.42 Å². The molecule has 0 aliphatic carbocycles. The van der Waals surface area contributed by atoms with Crippen molar-refractivity contribution in [3.05, 3.63) is 52.7 Å². The Morgan fingerprint density at radius 2 is 2.11 bits per heavy atom. The lowest BCUT2D eigenvalue weighted by atomic mass is 10.1. The van der Waals surface area contributed by atoms with E-state index in [1.54, 1.807) is 13.0 Å². The van der Waals surface area contributed by atoms with Gasteiger partial charge >= 0.3 is 0 Å². The molecule has 0 radical (unpaired) electrons. The number of carbonyl (C=O) groups excluding carboxylic acids is 1. The molecule has 1 amide bonds. The molecule has 0 spiro atoms. The average Bonchev–Trinajstić information content (AvgIpc) is 2.65. The van der Waals surface area contributed by atoms with Gasteiger partial charge in [-0.1, -0.05) is 17.7 Å². The molecular formula is C14H16N2O2. The molecule has 4 heteroatoms. The second-order valence-corrected chi connectivity index (χ2v) is 4.29. The molecule has 0 atom stereocenters. The van der Waals surface area contributed by atoms with Gasteiger partial charge in [0.05, 0.1) is 12.2 Å². The number of aryl methyl sites for hydroxylation is 3. The van der Waals surface area contributed by atoms with E-state index in [1.807, 2.05) is 32.0 Å². The first-order valence-corrected chi connectivity index (χ1v) is 5.84. The summed E-state index contributed by atoms with van der Waals surface area (Å²) in [5, 5.41) is 2.82. The summed E-state index contributed by atoms with van der Waals surface area (Å²) in [7, 11) is 0. The van der Waals surface area contributed by atoms with Gasteiger partial charge in [-0.15, -0.1) is 0 Å². The van der Waals surface area contributed by atoms with E-state index in [0.29, 0.717) is 23.8 Å². The van der Waals surface area contributed by atoms with Gasteiger partial charge in [0.25, 0.3) is 5.91 Å². The van der Waals surface area contributed by atoms with Gasteiger partial charge in [0.15, 0.2) is 5.89 Å². The summed E-state index contributed by atoms with van der Waals surface area (Å²) in [4.78, 5) is 16.1. The molecule has 1 heterocycles. The van der Waals surface area contributed by atoms with Gasteiger partial charge in [-0.3, -0.25) is 4.79 Å². The third-order valence-electron chi connectivity index (χ3n) is 2.69. The first kappa shape index (κ1) is 12.4. The number of benzene rings is 1.